The highest BCUT2D eigenvalue weighted by atomic mass is 32.2. The highest BCUT2D eigenvalue weighted by molar-refractivity contribution is 7.89. The molecule has 1 atom stereocenters. The number of carbonyl (C=O) groups excluding carboxylic acids is 2. The molecule has 0 spiro atoms. The van der Waals surface area contributed by atoms with E-state index in [-0.39, 0.29) is 23.9 Å². The van der Waals surface area contributed by atoms with E-state index in [0.717, 1.165) is 5.56 Å². The Hall–Kier alpha value is -2.72. The summed E-state index contributed by atoms with van der Waals surface area (Å²) in [5.41, 5.74) is 0.959. The summed E-state index contributed by atoms with van der Waals surface area (Å²) in [4.78, 5) is 29.8. The van der Waals surface area contributed by atoms with Crippen molar-refractivity contribution >= 4 is 21.9 Å². The lowest BCUT2D eigenvalue weighted by Gasteiger charge is -2.21. The van der Waals surface area contributed by atoms with E-state index in [2.05, 4.69) is 9.71 Å². The van der Waals surface area contributed by atoms with E-state index in [1.165, 1.54) is 18.0 Å². The molecule has 2 rings (SSSR count). The lowest BCUT2D eigenvalue weighted by Crippen LogP contribution is -2.37. The highest BCUT2D eigenvalue weighted by Crippen LogP contribution is 2.08. The van der Waals surface area contributed by atoms with Gasteiger partial charge in [0.1, 0.15) is 5.82 Å². The van der Waals surface area contributed by atoms with Crippen LogP contribution in [0.5, 0.6) is 0 Å². The Labute approximate surface area is 170 Å². The zero-order valence-corrected chi connectivity index (χ0v) is 17.8. The number of nitrogens with one attached hydrogen (secondary N) is 1. The smallest absolute Gasteiger partial charge is 0.307 e. The van der Waals surface area contributed by atoms with Crippen LogP contribution >= 0.6 is 0 Å². The molecule has 158 valence electrons. The summed E-state index contributed by atoms with van der Waals surface area (Å²) in [6.45, 7) is 3.41. The van der Waals surface area contributed by atoms with Gasteiger partial charge in [-0.05, 0) is 19.4 Å². The van der Waals surface area contributed by atoms with Crippen LogP contribution in [0.1, 0.15) is 24.7 Å². The zero-order valence-electron chi connectivity index (χ0n) is 17.0. The molecule has 0 saturated heterocycles. The van der Waals surface area contributed by atoms with Crippen LogP contribution in [0.25, 0.3) is 0 Å². The lowest BCUT2D eigenvalue weighted by atomic mass is 10.2. The van der Waals surface area contributed by atoms with Gasteiger partial charge in [-0.15, -0.1) is 0 Å². The number of esters is 1. The molecule has 1 N–H and O–H groups in total. The van der Waals surface area contributed by atoms with Crippen molar-refractivity contribution in [3.05, 3.63) is 47.9 Å². The molecule has 1 heterocycles. The largest absolute Gasteiger partial charge is 0.452 e. The molecule has 1 amide bonds. The summed E-state index contributed by atoms with van der Waals surface area (Å²) in [5.74, 6) is -0.456. The van der Waals surface area contributed by atoms with Gasteiger partial charge in [-0.1, -0.05) is 30.3 Å². The Morgan fingerprint density at radius 2 is 1.93 bits per heavy atom. The SMILES string of the molecule is Cc1nc(S(=O)(=O)NCCC(=O)OC(C)C(=O)N(C)Cc2ccccc2)cn1C. The summed E-state index contributed by atoms with van der Waals surface area (Å²) in [6, 6.07) is 9.44. The minimum absolute atomic E-state index is 0.114. The van der Waals surface area contributed by atoms with E-state index in [1.54, 1.807) is 25.6 Å². The van der Waals surface area contributed by atoms with Crippen molar-refractivity contribution in [3.8, 4) is 0 Å². The number of hydrogen-bond donors (Lipinski definition) is 1. The van der Waals surface area contributed by atoms with Gasteiger partial charge < -0.3 is 14.2 Å². The first-order valence-electron chi connectivity index (χ1n) is 9.08. The topological polar surface area (TPSA) is 111 Å². The first-order valence-corrected chi connectivity index (χ1v) is 10.6. The van der Waals surface area contributed by atoms with Crippen LogP contribution in [0.3, 0.4) is 0 Å². The third kappa shape index (κ3) is 6.40. The molecule has 0 aliphatic carbocycles. The van der Waals surface area contributed by atoms with Gasteiger partial charge in [0.15, 0.2) is 11.1 Å². The average molecular weight is 423 g/mol. The van der Waals surface area contributed by atoms with Crippen molar-refractivity contribution in [2.45, 2.75) is 37.9 Å². The van der Waals surface area contributed by atoms with Crippen LogP contribution in [-0.2, 0) is 37.9 Å². The van der Waals surface area contributed by atoms with Gasteiger partial charge >= 0.3 is 5.97 Å². The van der Waals surface area contributed by atoms with E-state index in [1.807, 2.05) is 30.3 Å². The zero-order chi connectivity index (χ0) is 21.6. The molecule has 9 nitrogen and oxygen atoms in total. The standard InChI is InChI=1S/C19H26N4O5S/c1-14(19(25)23(4)12-16-8-6-5-7-9-16)28-18(24)10-11-20-29(26,27)17-13-22(3)15(2)21-17/h5-9,13-14,20H,10-12H2,1-4H3. The third-order valence-electron chi connectivity index (χ3n) is 4.28. The number of sulfonamides is 1. The molecule has 1 aromatic carbocycles. The second kappa shape index (κ2) is 9.66. The minimum Gasteiger partial charge on any atom is -0.452 e. The number of amides is 1. The number of ether oxygens (including phenoxy) is 1. The van der Waals surface area contributed by atoms with Gasteiger partial charge in [-0.25, -0.2) is 18.1 Å². The van der Waals surface area contributed by atoms with Gasteiger partial charge in [0.25, 0.3) is 15.9 Å². The number of nitrogens with zero attached hydrogens (tertiary/aromatic N) is 3. The number of imidazole rings is 1. The highest BCUT2D eigenvalue weighted by Gasteiger charge is 2.23. The molecule has 0 bridgehead atoms. The predicted octanol–water partition coefficient (Wildman–Crippen LogP) is 0.987. The Balaban J connectivity index is 1.79. The summed E-state index contributed by atoms with van der Waals surface area (Å²) >= 11 is 0. The van der Waals surface area contributed by atoms with E-state index >= 15 is 0 Å². The van der Waals surface area contributed by atoms with Crippen LogP contribution in [0, 0.1) is 6.92 Å². The van der Waals surface area contributed by atoms with Crippen molar-refractivity contribution in [2.24, 2.45) is 7.05 Å². The normalized spacial score (nSPS) is 12.4. The maximum Gasteiger partial charge on any atom is 0.307 e. The molecular weight excluding hydrogens is 396 g/mol. The van der Waals surface area contributed by atoms with Gasteiger partial charge in [0.05, 0.1) is 6.42 Å². The Bertz CT molecular complexity index is 937. The van der Waals surface area contributed by atoms with E-state index in [9.17, 15) is 18.0 Å². The second-order valence-electron chi connectivity index (χ2n) is 6.70. The fourth-order valence-electron chi connectivity index (χ4n) is 2.57. The number of hydrogen-bond acceptors (Lipinski definition) is 6. The minimum atomic E-state index is -3.82. The average Bonchev–Trinajstić information content (AvgIpc) is 3.01. The van der Waals surface area contributed by atoms with E-state index in [4.69, 9.17) is 4.74 Å². The van der Waals surface area contributed by atoms with Gasteiger partial charge in [0.2, 0.25) is 0 Å². The van der Waals surface area contributed by atoms with E-state index in [0.29, 0.717) is 12.4 Å². The van der Waals surface area contributed by atoms with Crippen LogP contribution < -0.4 is 4.72 Å². The van der Waals surface area contributed by atoms with Crippen LogP contribution in [-0.4, -0.2) is 54.4 Å². The van der Waals surface area contributed by atoms with Gasteiger partial charge in [-0.2, -0.15) is 0 Å². The number of benzene rings is 1. The first kappa shape index (κ1) is 22.6. The molecular formula is C19H26N4O5S. The first-order chi connectivity index (χ1) is 13.6. The molecule has 29 heavy (non-hydrogen) atoms. The van der Waals surface area contributed by atoms with Gasteiger partial charge in [-0.3, -0.25) is 9.59 Å². The van der Waals surface area contributed by atoms with Crippen LogP contribution in [0.4, 0.5) is 0 Å². The Kier molecular flexibility index (Phi) is 7.52. The second-order valence-corrected chi connectivity index (χ2v) is 8.41. The number of likely N-dealkylation sites (N-methyl/N-ethyl adjacent to an activating group) is 1. The number of rotatable bonds is 9. The predicted molar refractivity (Wildman–Crippen MR) is 106 cm³/mol. The maximum atomic E-state index is 12.4. The third-order valence-corrected chi connectivity index (χ3v) is 5.61. The fourth-order valence-corrected chi connectivity index (χ4v) is 3.64. The van der Waals surface area contributed by atoms with Crippen molar-refractivity contribution < 1.29 is 22.7 Å². The Morgan fingerprint density at radius 3 is 2.52 bits per heavy atom. The number of aryl methyl sites for hydroxylation is 2. The molecule has 0 saturated carbocycles. The Morgan fingerprint density at radius 1 is 1.28 bits per heavy atom. The monoisotopic (exact) mass is 422 g/mol. The number of aromatic nitrogens is 2. The molecule has 2 aromatic rings. The molecule has 10 heteroatoms. The summed E-state index contributed by atoms with van der Waals surface area (Å²) in [7, 11) is -0.501. The number of carbonyl (C=O) groups is 2. The quantitative estimate of drug-likeness (QED) is 0.604. The molecule has 0 fully saturated rings. The van der Waals surface area contributed by atoms with Crippen LogP contribution in [0.15, 0.2) is 41.6 Å². The fraction of sp³-hybridized carbons (Fsp3) is 0.421. The van der Waals surface area contributed by atoms with Crippen molar-refractivity contribution in [3.63, 3.8) is 0 Å². The van der Waals surface area contributed by atoms with Crippen molar-refractivity contribution in [1.29, 1.82) is 0 Å². The van der Waals surface area contributed by atoms with E-state index < -0.39 is 22.1 Å². The maximum absolute atomic E-state index is 12.4. The summed E-state index contributed by atoms with van der Waals surface area (Å²) in [5, 5.41) is -0.114. The molecule has 0 aliphatic heterocycles. The van der Waals surface area contributed by atoms with Crippen molar-refractivity contribution in [1.82, 2.24) is 19.2 Å². The van der Waals surface area contributed by atoms with Gasteiger partial charge in [0, 0.05) is 33.4 Å². The lowest BCUT2D eigenvalue weighted by molar-refractivity contribution is -0.158. The molecule has 0 radical (unpaired) electrons. The summed E-state index contributed by atoms with van der Waals surface area (Å²) < 4.78 is 33.4. The van der Waals surface area contributed by atoms with Crippen LogP contribution in [0.2, 0.25) is 0 Å². The van der Waals surface area contributed by atoms with Crippen molar-refractivity contribution in [2.75, 3.05) is 13.6 Å². The summed E-state index contributed by atoms with van der Waals surface area (Å²) in [6.07, 6.45) is 0.218. The molecule has 0 aliphatic rings. The molecule has 1 unspecified atom stereocenters. The molecule has 1 aromatic heterocycles.